The van der Waals surface area contributed by atoms with Crippen molar-refractivity contribution in [3.63, 3.8) is 0 Å². The highest BCUT2D eigenvalue weighted by Crippen LogP contribution is 2.47. The van der Waals surface area contributed by atoms with Crippen molar-refractivity contribution in [1.82, 2.24) is 4.98 Å². The smallest absolute Gasteiger partial charge is 0.329 e. The van der Waals surface area contributed by atoms with Gasteiger partial charge in [0.2, 0.25) is 0 Å². The zero-order valence-corrected chi connectivity index (χ0v) is 22.9. The van der Waals surface area contributed by atoms with Crippen LogP contribution in [0, 0.1) is 0 Å². The normalized spacial score (nSPS) is 12.7. The van der Waals surface area contributed by atoms with Crippen LogP contribution < -0.4 is 15.7 Å². The molecule has 2 aliphatic heterocycles. The number of anilines is 2. The minimum Gasteiger partial charge on any atom is -0.376 e. The molecular weight excluding hydrogens is 507 g/mol. The predicted octanol–water partition coefficient (Wildman–Crippen LogP) is 8.47. The zero-order valence-electron chi connectivity index (χ0n) is 22.9. The number of nitrogens with zero attached hydrogens (tertiary/aromatic N) is 2. The number of hydrogen-bond acceptors (Lipinski definition) is 2. The van der Waals surface area contributed by atoms with Crippen LogP contribution in [0.3, 0.4) is 0 Å². The van der Waals surface area contributed by atoms with Crippen molar-refractivity contribution in [3.8, 4) is 44.6 Å². The fourth-order valence-electron chi connectivity index (χ4n) is 7.08. The Bertz CT molecular complexity index is 2160. The summed E-state index contributed by atoms with van der Waals surface area (Å²) in [5, 5.41) is 2.54. The lowest BCUT2D eigenvalue weighted by Gasteiger charge is -2.43. The Morgan fingerprint density at radius 3 is 1.79 bits per heavy atom. The van der Waals surface area contributed by atoms with Gasteiger partial charge in [-0.15, -0.1) is 0 Å². The standard InChI is InChI=1S/C39H25BN2/c1-2-12-29-26(10-1)11-9-15-30(29)27-19-21-38-33(24-27)31-13-3-5-16-35(31)40-36-17-6-4-14-32(36)34-25-28(20-22-39(34)42(38)40)37-18-7-8-23-41-37/h1-25H. The summed E-state index contributed by atoms with van der Waals surface area (Å²) < 4.78 is 0. The van der Waals surface area contributed by atoms with E-state index in [-0.39, 0.29) is 6.85 Å². The van der Waals surface area contributed by atoms with Crippen LogP contribution in [0.1, 0.15) is 0 Å². The van der Waals surface area contributed by atoms with Crippen LogP contribution in [-0.2, 0) is 0 Å². The lowest BCUT2D eigenvalue weighted by Crippen LogP contribution is -2.59. The lowest BCUT2D eigenvalue weighted by atomic mass is 9.43. The predicted molar refractivity (Wildman–Crippen MR) is 177 cm³/mol. The molecule has 0 amide bonds. The molecule has 194 valence electrons. The Balaban J connectivity index is 1.30. The van der Waals surface area contributed by atoms with Gasteiger partial charge in [0.1, 0.15) is 0 Å². The van der Waals surface area contributed by atoms with Crippen LogP contribution in [0.5, 0.6) is 0 Å². The largest absolute Gasteiger partial charge is 0.376 e. The fraction of sp³-hybridized carbons (Fsp3) is 0. The Morgan fingerprint density at radius 1 is 0.452 bits per heavy atom. The van der Waals surface area contributed by atoms with Crippen molar-refractivity contribution in [2.75, 3.05) is 4.81 Å². The lowest BCUT2D eigenvalue weighted by molar-refractivity contribution is 1.31. The van der Waals surface area contributed by atoms with Gasteiger partial charge in [0.05, 0.1) is 5.69 Å². The second-order valence-corrected chi connectivity index (χ2v) is 11.2. The monoisotopic (exact) mass is 532 g/mol. The number of rotatable bonds is 2. The van der Waals surface area contributed by atoms with Gasteiger partial charge in [-0.25, -0.2) is 0 Å². The molecule has 6 aromatic carbocycles. The van der Waals surface area contributed by atoms with Gasteiger partial charge in [-0.2, -0.15) is 0 Å². The zero-order chi connectivity index (χ0) is 27.6. The molecule has 2 nitrogen and oxygen atoms in total. The van der Waals surface area contributed by atoms with E-state index in [0.29, 0.717) is 0 Å². The average Bonchev–Trinajstić information content (AvgIpc) is 3.07. The topological polar surface area (TPSA) is 16.1 Å². The van der Waals surface area contributed by atoms with Crippen molar-refractivity contribution in [2.45, 2.75) is 0 Å². The highest BCUT2D eigenvalue weighted by molar-refractivity contribution is 6.92. The molecular formula is C39H25BN2. The third-order valence-corrected chi connectivity index (χ3v) is 8.92. The third kappa shape index (κ3) is 3.37. The van der Waals surface area contributed by atoms with Gasteiger partial charge in [0.25, 0.3) is 0 Å². The molecule has 0 spiro atoms. The molecule has 0 fully saturated rings. The summed E-state index contributed by atoms with van der Waals surface area (Å²) in [5.74, 6) is 0. The Labute approximate surface area is 245 Å². The van der Waals surface area contributed by atoms with Gasteiger partial charge < -0.3 is 4.81 Å². The first-order valence-corrected chi connectivity index (χ1v) is 14.5. The summed E-state index contributed by atoms with van der Waals surface area (Å²) in [6, 6.07) is 53.1. The van der Waals surface area contributed by atoms with Gasteiger partial charge in [0.15, 0.2) is 0 Å². The highest BCUT2D eigenvalue weighted by atomic mass is 15.1. The molecule has 0 saturated carbocycles. The van der Waals surface area contributed by atoms with Crippen LogP contribution in [0.25, 0.3) is 55.4 Å². The number of fused-ring (bicyclic) bond motifs is 12. The minimum atomic E-state index is 0.0986. The number of benzene rings is 6. The second-order valence-electron chi connectivity index (χ2n) is 11.2. The maximum absolute atomic E-state index is 4.65. The molecule has 0 atom stereocenters. The molecule has 1 aromatic heterocycles. The van der Waals surface area contributed by atoms with E-state index in [0.717, 1.165) is 11.3 Å². The summed E-state index contributed by atoms with van der Waals surface area (Å²) >= 11 is 0. The van der Waals surface area contributed by atoms with Crippen molar-refractivity contribution < 1.29 is 0 Å². The van der Waals surface area contributed by atoms with Crippen molar-refractivity contribution >= 4 is 39.9 Å². The molecule has 3 heterocycles. The molecule has 9 rings (SSSR count). The van der Waals surface area contributed by atoms with Gasteiger partial charge >= 0.3 is 6.85 Å². The average molecular weight is 532 g/mol. The summed E-state index contributed by atoms with van der Waals surface area (Å²) in [6.45, 7) is 0.0986. The van der Waals surface area contributed by atoms with Crippen molar-refractivity contribution in [3.05, 3.63) is 152 Å². The van der Waals surface area contributed by atoms with E-state index in [1.807, 2.05) is 12.3 Å². The molecule has 0 aliphatic carbocycles. The molecule has 0 N–H and O–H groups in total. The minimum absolute atomic E-state index is 0.0986. The van der Waals surface area contributed by atoms with E-state index < -0.39 is 0 Å². The van der Waals surface area contributed by atoms with E-state index in [1.54, 1.807) is 0 Å². The molecule has 0 unspecified atom stereocenters. The van der Waals surface area contributed by atoms with Gasteiger partial charge in [-0.3, -0.25) is 4.98 Å². The van der Waals surface area contributed by atoms with E-state index in [9.17, 15) is 0 Å². The summed E-state index contributed by atoms with van der Waals surface area (Å²) in [7, 11) is 0. The number of aromatic nitrogens is 1. The second kappa shape index (κ2) is 9.05. The van der Waals surface area contributed by atoms with Crippen LogP contribution in [0.15, 0.2) is 152 Å². The molecule has 0 radical (unpaired) electrons. The quantitative estimate of drug-likeness (QED) is 0.208. The Morgan fingerprint density at radius 2 is 1.05 bits per heavy atom. The Kier molecular flexibility index (Phi) is 5.03. The van der Waals surface area contributed by atoms with Crippen LogP contribution in [-0.4, -0.2) is 11.8 Å². The maximum Gasteiger partial charge on any atom is 0.329 e. The maximum atomic E-state index is 4.65. The summed E-state index contributed by atoms with van der Waals surface area (Å²) in [4.78, 5) is 7.21. The van der Waals surface area contributed by atoms with Crippen molar-refractivity contribution in [1.29, 1.82) is 0 Å². The van der Waals surface area contributed by atoms with E-state index in [1.165, 1.54) is 66.5 Å². The van der Waals surface area contributed by atoms with Gasteiger partial charge in [0, 0.05) is 34.3 Å². The van der Waals surface area contributed by atoms with Gasteiger partial charge in [-0.05, 0) is 80.4 Å². The summed E-state index contributed by atoms with van der Waals surface area (Å²) in [6.07, 6.45) is 1.87. The van der Waals surface area contributed by atoms with E-state index in [4.69, 9.17) is 0 Å². The molecule has 0 bridgehead atoms. The van der Waals surface area contributed by atoms with Crippen molar-refractivity contribution in [2.24, 2.45) is 0 Å². The van der Waals surface area contributed by atoms with Gasteiger partial charge in [-0.1, -0.05) is 109 Å². The molecule has 42 heavy (non-hydrogen) atoms. The highest BCUT2D eigenvalue weighted by Gasteiger charge is 2.42. The Hall–Kier alpha value is -5.41. The molecule has 2 aliphatic rings. The van der Waals surface area contributed by atoms with Crippen LogP contribution in [0.4, 0.5) is 11.4 Å². The van der Waals surface area contributed by atoms with E-state index >= 15 is 0 Å². The molecule has 0 saturated heterocycles. The summed E-state index contributed by atoms with van der Waals surface area (Å²) in [5.41, 5.74) is 14.9. The van der Waals surface area contributed by atoms with E-state index in [2.05, 4.69) is 149 Å². The number of hydrogen-bond donors (Lipinski definition) is 0. The third-order valence-electron chi connectivity index (χ3n) is 8.92. The number of pyridine rings is 1. The molecule has 7 aromatic rings. The van der Waals surface area contributed by atoms with Crippen LogP contribution in [0.2, 0.25) is 0 Å². The fourth-order valence-corrected chi connectivity index (χ4v) is 7.08. The van der Waals surface area contributed by atoms with Crippen LogP contribution >= 0.6 is 0 Å². The molecule has 3 heteroatoms. The first kappa shape index (κ1) is 23.3. The SMILES string of the molecule is c1ccc(-c2ccc3c(c2)-c2ccccc2B2c4ccccc4-c4cc(-c5cccc6ccccc56)ccc4N23)nc1. The first-order chi connectivity index (χ1) is 20.8. The first-order valence-electron chi connectivity index (χ1n) is 14.5.